The van der Waals surface area contributed by atoms with E-state index < -0.39 is 0 Å². The van der Waals surface area contributed by atoms with Crippen molar-refractivity contribution < 1.29 is 0 Å². The van der Waals surface area contributed by atoms with Gasteiger partial charge in [0.2, 0.25) is 0 Å². The van der Waals surface area contributed by atoms with Crippen LogP contribution < -0.4 is 5.56 Å². The molecular formula is C10H16N2OS. The van der Waals surface area contributed by atoms with Crippen LogP contribution in [0.3, 0.4) is 0 Å². The summed E-state index contributed by atoms with van der Waals surface area (Å²) in [5.41, 5.74) is 2.27. The number of rotatable bonds is 0. The summed E-state index contributed by atoms with van der Waals surface area (Å²) in [4.78, 5) is 11.6. The Labute approximate surface area is 87.9 Å². The summed E-state index contributed by atoms with van der Waals surface area (Å²) in [7, 11) is 0. The first-order chi connectivity index (χ1) is 6.50. The number of H-pyrrole nitrogens is 1. The minimum absolute atomic E-state index is 0.0191. The molecule has 0 amide bonds. The van der Waals surface area contributed by atoms with Crippen LogP contribution in [0.1, 0.15) is 32.0 Å². The van der Waals surface area contributed by atoms with E-state index in [9.17, 15) is 4.79 Å². The molecule has 0 unspecified atom stereocenters. The molecule has 0 aromatic carbocycles. The molecule has 0 saturated carbocycles. The van der Waals surface area contributed by atoms with Gasteiger partial charge in [0.25, 0.3) is 5.56 Å². The smallest absolute Gasteiger partial charge is 0.268 e. The molecule has 1 aromatic rings. The minimum atomic E-state index is -0.0191. The van der Waals surface area contributed by atoms with E-state index in [0.29, 0.717) is 0 Å². The number of fused-ring (bicyclic) bond motifs is 1. The Morgan fingerprint density at radius 2 is 2.14 bits per heavy atom. The predicted molar refractivity (Wildman–Crippen MR) is 59.9 cm³/mol. The largest absolute Gasteiger partial charge is 0.284 e. The van der Waals surface area contributed by atoms with Gasteiger partial charge in [0.15, 0.2) is 0 Å². The summed E-state index contributed by atoms with van der Waals surface area (Å²) in [5.74, 6) is 1.99. The molecule has 1 aliphatic heterocycles. The molecule has 1 N–H and O–H groups in total. The van der Waals surface area contributed by atoms with Gasteiger partial charge in [-0.05, 0) is 32.9 Å². The van der Waals surface area contributed by atoms with Gasteiger partial charge in [-0.2, -0.15) is 11.8 Å². The monoisotopic (exact) mass is 212 g/mol. The van der Waals surface area contributed by atoms with Crippen molar-refractivity contribution in [3.05, 3.63) is 21.6 Å². The number of hydrogen-bond donors (Lipinski definition) is 1. The minimum Gasteiger partial charge on any atom is -0.284 e. The number of thioether (sulfide) groups is 1. The van der Waals surface area contributed by atoms with Crippen LogP contribution in [0.15, 0.2) is 4.79 Å². The quantitative estimate of drug-likeness (QED) is 0.711. The molecular weight excluding hydrogens is 196 g/mol. The first-order valence-electron chi connectivity index (χ1n) is 4.91. The van der Waals surface area contributed by atoms with Crippen LogP contribution in [0, 0.1) is 0 Å². The van der Waals surface area contributed by atoms with Crippen LogP contribution in [0.4, 0.5) is 0 Å². The van der Waals surface area contributed by atoms with E-state index in [2.05, 4.69) is 25.9 Å². The molecule has 3 nitrogen and oxygen atoms in total. The van der Waals surface area contributed by atoms with Gasteiger partial charge in [-0.1, -0.05) is 0 Å². The normalized spacial score (nSPS) is 16.8. The first kappa shape index (κ1) is 9.90. The van der Waals surface area contributed by atoms with Crippen LogP contribution in [0.2, 0.25) is 0 Å². The van der Waals surface area contributed by atoms with Crippen molar-refractivity contribution >= 4 is 11.8 Å². The summed E-state index contributed by atoms with van der Waals surface area (Å²) in [6, 6.07) is 0. The molecule has 1 aromatic heterocycles. The first-order valence-corrected chi connectivity index (χ1v) is 6.06. The van der Waals surface area contributed by atoms with E-state index in [1.54, 1.807) is 0 Å². The molecule has 0 atom stereocenters. The molecule has 14 heavy (non-hydrogen) atoms. The Bertz CT molecular complexity index is 397. The van der Waals surface area contributed by atoms with Crippen LogP contribution in [-0.2, 0) is 17.7 Å². The molecule has 1 aliphatic rings. The van der Waals surface area contributed by atoms with Crippen molar-refractivity contribution in [3.8, 4) is 0 Å². The van der Waals surface area contributed by atoms with Crippen molar-refractivity contribution in [2.24, 2.45) is 0 Å². The van der Waals surface area contributed by atoms with Gasteiger partial charge in [-0.15, -0.1) is 0 Å². The zero-order valence-electron chi connectivity index (χ0n) is 8.89. The van der Waals surface area contributed by atoms with Crippen LogP contribution in [-0.4, -0.2) is 15.5 Å². The highest BCUT2D eigenvalue weighted by atomic mass is 32.2. The maximum absolute atomic E-state index is 11.6. The van der Waals surface area contributed by atoms with Gasteiger partial charge < -0.3 is 0 Å². The Morgan fingerprint density at radius 3 is 2.79 bits per heavy atom. The Kier molecular flexibility index (Phi) is 2.26. The number of nitrogens with one attached hydrogen (secondary N) is 1. The highest BCUT2D eigenvalue weighted by Crippen LogP contribution is 2.25. The third-order valence-electron chi connectivity index (χ3n) is 2.51. The third kappa shape index (κ3) is 1.52. The van der Waals surface area contributed by atoms with Crippen molar-refractivity contribution in [1.29, 1.82) is 0 Å². The lowest BCUT2D eigenvalue weighted by atomic mass is 10.1. The van der Waals surface area contributed by atoms with E-state index in [1.165, 1.54) is 5.69 Å². The SMILES string of the molecule is CC(C)(C)n1[nH]c(=O)c2c1CCSC2. The predicted octanol–water partition coefficient (Wildman–Crippen LogP) is 1.72. The van der Waals surface area contributed by atoms with Gasteiger partial charge >= 0.3 is 0 Å². The Hall–Kier alpha value is -0.640. The zero-order chi connectivity index (χ0) is 10.3. The standard InChI is InChI=1S/C10H16N2OS/c1-10(2,3)12-8-4-5-14-6-7(8)9(13)11-12/h4-6H2,1-3H3,(H,11,13). The summed E-state index contributed by atoms with van der Waals surface area (Å²) in [6.45, 7) is 6.35. The fourth-order valence-corrected chi connectivity index (χ4v) is 2.81. The van der Waals surface area contributed by atoms with Crippen LogP contribution in [0.25, 0.3) is 0 Å². The van der Waals surface area contributed by atoms with Crippen molar-refractivity contribution in [2.45, 2.75) is 38.5 Å². The lowest BCUT2D eigenvalue weighted by Crippen LogP contribution is -2.27. The number of aromatic nitrogens is 2. The maximum Gasteiger partial charge on any atom is 0.268 e. The van der Waals surface area contributed by atoms with E-state index >= 15 is 0 Å². The molecule has 4 heteroatoms. The molecule has 78 valence electrons. The average Bonchev–Trinajstić information content (AvgIpc) is 2.44. The second-order valence-corrected chi connectivity index (χ2v) is 5.78. The summed E-state index contributed by atoms with van der Waals surface area (Å²) in [6.07, 6.45) is 1.01. The highest BCUT2D eigenvalue weighted by molar-refractivity contribution is 7.98. The summed E-state index contributed by atoms with van der Waals surface area (Å²) >= 11 is 1.84. The molecule has 2 heterocycles. The summed E-state index contributed by atoms with van der Waals surface area (Å²) < 4.78 is 2.03. The van der Waals surface area contributed by atoms with Crippen LogP contribution >= 0.6 is 11.8 Å². The average molecular weight is 212 g/mol. The molecule has 2 rings (SSSR count). The van der Waals surface area contributed by atoms with Gasteiger partial charge in [-0.3, -0.25) is 14.6 Å². The van der Waals surface area contributed by atoms with E-state index in [4.69, 9.17) is 0 Å². The molecule has 0 aliphatic carbocycles. The third-order valence-corrected chi connectivity index (χ3v) is 3.49. The van der Waals surface area contributed by atoms with Gasteiger partial charge in [0, 0.05) is 17.0 Å². The fraction of sp³-hybridized carbons (Fsp3) is 0.700. The Morgan fingerprint density at radius 1 is 1.43 bits per heavy atom. The van der Waals surface area contributed by atoms with Gasteiger partial charge in [0.05, 0.1) is 5.54 Å². The second-order valence-electron chi connectivity index (χ2n) is 4.67. The van der Waals surface area contributed by atoms with Gasteiger partial charge in [-0.25, -0.2) is 0 Å². The molecule has 0 bridgehead atoms. The second kappa shape index (κ2) is 3.19. The highest BCUT2D eigenvalue weighted by Gasteiger charge is 2.24. The van der Waals surface area contributed by atoms with Crippen molar-refractivity contribution in [3.63, 3.8) is 0 Å². The summed E-state index contributed by atoms with van der Waals surface area (Å²) in [5, 5.41) is 2.94. The molecule has 0 saturated heterocycles. The van der Waals surface area contributed by atoms with Gasteiger partial charge in [0.1, 0.15) is 0 Å². The Balaban J connectivity index is 2.58. The zero-order valence-corrected chi connectivity index (χ0v) is 9.70. The number of aromatic amines is 1. The van der Waals surface area contributed by atoms with Crippen molar-refractivity contribution in [1.82, 2.24) is 9.78 Å². The molecule has 0 fully saturated rings. The van der Waals surface area contributed by atoms with Crippen molar-refractivity contribution in [2.75, 3.05) is 5.75 Å². The van der Waals surface area contributed by atoms with E-state index in [-0.39, 0.29) is 11.1 Å². The van der Waals surface area contributed by atoms with E-state index in [0.717, 1.165) is 23.5 Å². The topological polar surface area (TPSA) is 37.8 Å². The molecule has 0 radical (unpaired) electrons. The maximum atomic E-state index is 11.6. The fourth-order valence-electron chi connectivity index (χ4n) is 1.83. The van der Waals surface area contributed by atoms with E-state index in [1.807, 2.05) is 16.4 Å². The lowest BCUT2D eigenvalue weighted by Gasteiger charge is -2.25. The molecule has 0 spiro atoms. The number of nitrogens with zero attached hydrogens (tertiary/aromatic N) is 1. The van der Waals surface area contributed by atoms with Crippen LogP contribution in [0.5, 0.6) is 0 Å². The lowest BCUT2D eigenvalue weighted by molar-refractivity contribution is 0.342. The number of hydrogen-bond acceptors (Lipinski definition) is 2.